The molecule has 0 radical (unpaired) electrons. The van der Waals surface area contributed by atoms with Gasteiger partial charge in [0.25, 0.3) is 5.91 Å². The van der Waals surface area contributed by atoms with Crippen molar-refractivity contribution in [3.63, 3.8) is 0 Å². The van der Waals surface area contributed by atoms with Crippen molar-refractivity contribution < 1.29 is 19.1 Å². The summed E-state index contributed by atoms with van der Waals surface area (Å²) in [6.45, 7) is 0.723. The first-order valence-electron chi connectivity index (χ1n) is 11.2. The minimum Gasteiger partial charge on any atom is -0.454 e. The van der Waals surface area contributed by atoms with Crippen molar-refractivity contribution in [3.8, 4) is 22.1 Å². The molecule has 35 heavy (non-hydrogen) atoms. The summed E-state index contributed by atoms with van der Waals surface area (Å²) in [6.07, 6.45) is 0.835. The van der Waals surface area contributed by atoms with Crippen LogP contribution in [0.5, 0.6) is 11.5 Å². The van der Waals surface area contributed by atoms with Crippen molar-refractivity contribution in [2.24, 2.45) is 0 Å². The van der Waals surface area contributed by atoms with Gasteiger partial charge >= 0.3 is 0 Å². The number of benzene rings is 3. The Morgan fingerprint density at radius 2 is 1.74 bits per heavy atom. The third-order valence-electron chi connectivity index (χ3n) is 5.50. The third kappa shape index (κ3) is 5.50. The Bertz CT molecular complexity index is 1350. The lowest BCUT2D eigenvalue weighted by atomic mass is 10.1. The van der Waals surface area contributed by atoms with E-state index in [1.807, 2.05) is 53.9 Å². The molecule has 0 atom stereocenters. The molecule has 1 aliphatic heterocycles. The molecular weight excluding hydrogens is 462 g/mol. The molecule has 8 heteroatoms. The number of ether oxygens (including phenoxy) is 2. The molecule has 0 fully saturated rings. The molecule has 2 N–H and O–H groups in total. The van der Waals surface area contributed by atoms with Crippen LogP contribution in [0.4, 0.5) is 5.69 Å². The van der Waals surface area contributed by atoms with Crippen LogP contribution in [0.3, 0.4) is 0 Å². The van der Waals surface area contributed by atoms with Crippen LogP contribution in [0, 0.1) is 0 Å². The van der Waals surface area contributed by atoms with Gasteiger partial charge in [0.15, 0.2) is 11.5 Å². The number of hydrogen-bond donors (Lipinski definition) is 2. The van der Waals surface area contributed by atoms with Crippen LogP contribution in [0.15, 0.2) is 78.2 Å². The van der Waals surface area contributed by atoms with Crippen molar-refractivity contribution >= 4 is 28.8 Å². The summed E-state index contributed by atoms with van der Waals surface area (Å²) in [4.78, 5) is 30.1. The molecule has 0 spiro atoms. The summed E-state index contributed by atoms with van der Waals surface area (Å²) in [6, 6.07) is 22.6. The van der Waals surface area contributed by atoms with Crippen molar-refractivity contribution in [1.29, 1.82) is 0 Å². The van der Waals surface area contributed by atoms with Gasteiger partial charge in [-0.1, -0.05) is 42.5 Å². The number of hydrogen-bond acceptors (Lipinski definition) is 6. The summed E-state index contributed by atoms with van der Waals surface area (Å²) >= 11 is 1.46. The Morgan fingerprint density at radius 3 is 2.63 bits per heavy atom. The van der Waals surface area contributed by atoms with E-state index in [9.17, 15) is 9.59 Å². The number of fused-ring (bicyclic) bond motifs is 1. The lowest BCUT2D eigenvalue weighted by Crippen LogP contribution is -2.27. The molecule has 0 aliphatic carbocycles. The van der Waals surface area contributed by atoms with Crippen LogP contribution >= 0.6 is 11.3 Å². The van der Waals surface area contributed by atoms with Crippen LogP contribution in [-0.4, -0.2) is 30.1 Å². The molecule has 7 nitrogen and oxygen atoms in total. The molecule has 0 saturated carbocycles. The van der Waals surface area contributed by atoms with E-state index < -0.39 is 0 Å². The molecule has 176 valence electrons. The molecule has 0 saturated heterocycles. The first-order valence-corrected chi connectivity index (χ1v) is 12.1. The molecule has 4 aromatic rings. The average Bonchev–Trinajstić information content (AvgIpc) is 3.54. The molecular formula is C27H23N3O4S. The average molecular weight is 486 g/mol. The Balaban J connectivity index is 1.19. The first-order chi connectivity index (χ1) is 17.2. The number of nitrogens with zero attached hydrogens (tertiary/aromatic N) is 1. The highest BCUT2D eigenvalue weighted by Gasteiger charge is 2.17. The Hall–Kier alpha value is -4.17. The molecule has 1 aliphatic rings. The smallest absolute Gasteiger partial charge is 0.253 e. The van der Waals surface area contributed by atoms with Gasteiger partial charge in [0.1, 0.15) is 5.01 Å². The van der Waals surface area contributed by atoms with Crippen LogP contribution in [0.25, 0.3) is 10.6 Å². The van der Waals surface area contributed by atoms with Crippen molar-refractivity contribution in [3.05, 3.63) is 95.0 Å². The van der Waals surface area contributed by atoms with E-state index in [4.69, 9.17) is 9.47 Å². The van der Waals surface area contributed by atoms with Crippen LogP contribution in [0.1, 0.15) is 21.6 Å². The summed E-state index contributed by atoms with van der Waals surface area (Å²) in [5, 5.41) is 8.45. The molecule has 2 heterocycles. The van der Waals surface area contributed by atoms with Crippen LogP contribution in [0.2, 0.25) is 0 Å². The third-order valence-corrected chi connectivity index (χ3v) is 6.44. The normalized spacial score (nSPS) is 11.8. The van der Waals surface area contributed by atoms with Crippen LogP contribution in [-0.2, 0) is 17.6 Å². The van der Waals surface area contributed by atoms with Gasteiger partial charge in [0.2, 0.25) is 12.7 Å². The lowest BCUT2D eigenvalue weighted by Gasteiger charge is -2.11. The van der Waals surface area contributed by atoms with Gasteiger partial charge in [0, 0.05) is 17.5 Å². The quantitative estimate of drug-likeness (QED) is 0.378. The molecule has 2 amide bonds. The lowest BCUT2D eigenvalue weighted by molar-refractivity contribution is -0.115. The monoisotopic (exact) mass is 485 g/mol. The second-order valence-electron chi connectivity index (χ2n) is 7.97. The van der Waals surface area contributed by atoms with Gasteiger partial charge in [-0.2, -0.15) is 0 Å². The van der Waals surface area contributed by atoms with Gasteiger partial charge in [-0.05, 0) is 42.3 Å². The highest BCUT2D eigenvalue weighted by Crippen LogP contribution is 2.36. The minimum atomic E-state index is -0.239. The summed E-state index contributed by atoms with van der Waals surface area (Å²) in [5.74, 6) is 0.941. The van der Waals surface area contributed by atoms with E-state index in [-0.39, 0.29) is 25.0 Å². The minimum absolute atomic E-state index is 0.102. The maximum atomic E-state index is 12.7. The Kier molecular flexibility index (Phi) is 6.72. The number of anilines is 1. The number of nitrogens with one attached hydrogen (secondary N) is 2. The highest BCUT2D eigenvalue weighted by atomic mass is 32.1. The van der Waals surface area contributed by atoms with E-state index in [0.29, 0.717) is 35.0 Å². The number of rotatable bonds is 8. The number of carbonyl (C=O) groups is 2. The van der Waals surface area contributed by atoms with E-state index >= 15 is 0 Å². The van der Waals surface area contributed by atoms with E-state index in [1.54, 1.807) is 24.3 Å². The molecule has 1 aromatic heterocycles. The number of amides is 2. The van der Waals surface area contributed by atoms with Crippen molar-refractivity contribution in [1.82, 2.24) is 10.3 Å². The van der Waals surface area contributed by atoms with E-state index in [1.165, 1.54) is 11.3 Å². The van der Waals surface area contributed by atoms with Gasteiger partial charge in [-0.25, -0.2) is 4.98 Å². The first kappa shape index (κ1) is 22.6. The second kappa shape index (κ2) is 10.4. The summed E-state index contributed by atoms with van der Waals surface area (Å²) in [7, 11) is 0. The Labute approximate surface area is 206 Å². The van der Waals surface area contributed by atoms with Gasteiger partial charge in [-0.15, -0.1) is 11.3 Å². The topological polar surface area (TPSA) is 89.6 Å². The Morgan fingerprint density at radius 1 is 0.943 bits per heavy atom. The number of para-hydroxylation sites is 1. The van der Waals surface area contributed by atoms with Gasteiger partial charge in [0.05, 0.1) is 23.4 Å². The predicted molar refractivity (Wildman–Crippen MR) is 135 cm³/mol. The fraction of sp³-hybridized carbons (Fsp3) is 0.148. The standard InChI is InChI=1S/C27H23N3O4S/c31-25(15-20-16-35-27(29-20)19-10-11-23-24(14-19)34-17-33-23)30-22-9-5-4-8-21(22)26(32)28-13-12-18-6-2-1-3-7-18/h1-11,14,16H,12-13,15,17H2,(H,28,32)(H,30,31). The van der Waals surface area contributed by atoms with Gasteiger partial charge in [-0.3, -0.25) is 9.59 Å². The van der Waals surface area contributed by atoms with E-state index in [2.05, 4.69) is 15.6 Å². The zero-order valence-corrected chi connectivity index (χ0v) is 19.6. The van der Waals surface area contributed by atoms with Crippen LogP contribution < -0.4 is 20.1 Å². The maximum absolute atomic E-state index is 12.7. The molecule has 3 aromatic carbocycles. The second-order valence-corrected chi connectivity index (χ2v) is 8.83. The molecule has 0 bridgehead atoms. The zero-order chi connectivity index (χ0) is 24.0. The number of aromatic nitrogens is 1. The number of thiazole rings is 1. The highest BCUT2D eigenvalue weighted by molar-refractivity contribution is 7.13. The van der Waals surface area contributed by atoms with Crippen molar-refractivity contribution in [2.75, 3.05) is 18.7 Å². The SMILES string of the molecule is O=C(Cc1csc(-c2ccc3c(c2)OCO3)n1)Nc1ccccc1C(=O)NCCc1ccccc1. The van der Waals surface area contributed by atoms with E-state index in [0.717, 1.165) is 22.6 Å². The zero-order valence-electron chi connectivity index (χ0n) is 18.8. The van der Waals surface area contributed by atoms with Crippen molar-refractivity contribution in [2.45, 2.75) is 12.8 Å². The summed E-state index contributed by atoms with van der Waals surface area (Å²) in [5.41, 5.74) is 3.61. The van der Waals surface area contributed by atoms with Gasteiger partial charge < -0.3 is 20.1 Å². The fourth-order valence-corrected chi connectivity index (χ4v) is 4.58. The number of carbonyl (C=O) groups excluding carboxylic acids is 2. The fourth-order valence-electron chi connectivity index (χ4n) is 3.76. The summed E-state index contributed by atoms with van der Waals surface area (Å²) < 4.78 is 10.8. The predicted octanol–water partition coefficient (Wildman–Crippen LogP) is 4.69. The largest absolute Gasteiger partial charge is 0.454 e. The molecule has 0 unspecified atom stereocenters. The molecule has 5 rings (SSSR count). The maximum Gasteiger partial charge on any atom is 0.253 e.